The topological polar surface area (TPSA) is 76.7 Å². The summed E-state index contributed by atoms with van der Waals surface area (Å²) in [5.41, 5.74) is 7.33. The highest BCUT2D eigenvalue weighted by molar-refractivity contribution is 9.10. The van der Waals surface area contributed by atoms with Gasteiger partial charge in [0.1, 0.15) is 18.1 Å². The van der Waals surface area contributed by atoms with Gasteiger partial charge >= 0.3 is 0 Å². The first kappa shape index (κ1) is 22.4. The van der Waals surface area contributed by atoms with Crippen LogP contribution in [0.2, 0.25) is 0 Å². The minimum atomic E-state index is -0.470. The molecule has 0 radical (unpaired) electrons. The van der Waals surface area contributed by atoms with Crippen LogP contribution in [0.4, 0.5) is 0 Å². The van der Waals surface area contributed by atoms with E-state index in [4.69, 9.17) is 9.47 Å². The average Bonchev–Trinajstić information content (AvgIpc) is 2.81. The van der Waals surface area contributed by atoms with Gasteiger partial charge in [-0.2, -0.15) is 0 Å². The maximum absolute atomic E-state index is 12.2. The van der Waals surface area contributed by atoms with Crippen LogP contribution in [0.1, 0.15) is 28.4 Å². The zero-order chi connectivity index (χ0) is 22.1. The highest BCUT2D eigenvalue weighted by Gasteiger charge is 2.10. The molecule has 0 heterocycles. The van der Waals surface area contributed by atoms with Gasteiger partial charge in [0.2, 0.25) is 0 Å². The molecular formula is C24H23BrN2O4. The van der Waals surface area contributed by atoms with Crippen LogP contribution in [0.25, 0.3) is 0 Å². The Morgan fingerprint density at radius 1 is 0.871 bits per heavy atom. The van der Waals surface area contributed by atoms with Crippen molar-refractivity contribution >= 4 is 27.7 Å². The molecule has 0 aromatic heterocycles. The average molecular weight is 483 g/mol. The molecular weight excluding hydrogens is 460 g/mol. The van der Waals surface area contributed by atoms with E-state index in [1.54, 1.807) is 30.3 Å². The van der Waals surface area contributed by atoms with Crippen molar-refractivity contribution in [3.8, 4) is 11.5 Å². The van der Waals surface area contributed by atoms with Crippen LogP contribution >= 0.6 is 15.9 Å². The number of halogens is 1. The van der Waals surface area contributed by atoms with Crippen molar-refractivity contribution in [2.75, 3.05) is 6.61 Å². The molecule has 0 aliphatic carbocycles. The second-order valence-electron chi connectivity index (χ2n) is 6.71. The molecule has 3 aromatic rings. The third-order valence-electron chi connectivity index (χ3n) is 4.44. The predicted molar refractivity (Wildman–Crippen MR) is 122 cm³/mol. The maximum Gasteiger partial charge on any atom is 0.276 e. The zero-order valence-corrected chi connectivity index (χ0v) is 18.6. The van der Waals surface area contributed by atoms with Crippen molar-refractivity contribution in [1.29, 1.82) is 0 Å². The number of carbonyl (C=O) groups is 2. The van der Waals surface area contributed by atoms with E-state index in [0.29, 0.717) is 23.7 Å². The van der Waals surface area contributed by atoms with Gasteiger partial charge in [-0.15, -0.1) is 0 Å². The summed E-state index contributed by atoms with van der Waals surface area (Å²) in [6, 6.07) is 22.2. The van der Waals surface area contributed by atoms with E-state index in [2.05, 4.69) is 33.7 Å². The summed E-state index contributed by atoms with van der Waals surface area (Å²) in [7, 11) is 0. The van der Waals surface area contributed by atoms with Crippen molar-refractivity contribution < 1.29 is 19.1 Å². The number of amides is 2. The summed E-state index contributed by atoms with van der Waals surface area (Å²) in [4.78, 5) is 24.2. The van der Waals surface area contributed by atoms with Gasteiger partial charge in [-0.3, -0.25) is 20.4 Å². The first-order valence-corrected chi connectivity index (χ1v) is 10.6. The molecule has 0 spiro atoms. The molecule has 0 fully saturated rings. The van der Waals surface area contributed by atoms with E-state index < -0.39 is 11.8 Å². The number of hydrogen-bond acceptors (Lipinski definition) is 4. The van der Waals surface area contributed by atoms with Crippen LogP contribution in [0.5, 0.6) is 11.5 Å². The Hall–Kier alpha value is -3.32. The van der Waals surface area contributed by atoms with Crippen molar-refractivity contribution in [2.45, 2.75) is 20.0 Å². The molecule has 0 aliphatic rings. The quantitative estimate of drug-likeness (QED) is 0.465. The zero-order valence-electron chi connectivity index (χ0n) is 17.1. The molecule has 3 aromatic carbocycles. The summed E-state index contributed by atoms with van der Waals surface area (Å²) in [6.45, 7) is 2.28. The molecule has 160 valence electrons. The molecule has 0 unspecified atom stereocenters. The van der Waals surface area contributed by atoms with Crippen LogP contribution in [-0.2, 0) is 17.8 Å². The van der Waals surface area contributed by atoms with Crippen LogP contribution in [0, 0.1) is 0 Å². The molecule has 0 atom stereocenters. The number of aryl methyl sites for hydroxylation is 1. The summed E-state index contributed by atoms with van der Waals surface area (Å²) in [6.07, 6.45) is 0.908. The van der Waals surface area contributed by atoms with Gasteiger partial charge in [0, 0.05) is 5.56 Å². The molecule has 0 bridgehead atoms. The van der Waals surface area contributed by atoms with Crippen molar-refractivity contribution in [1.82, 2.24) is 10.9 Å². The monoisotopic (exact) mass is 482 g/mol. The summed E-state index contributed by atoms with van der Waals surface area (Å²) >= 11 is 3.42. The first-order valence-electron chi connectivity index (χ1n) is 9.82. The SMILES string of the molecule is CCc1ccc(OCC(=O)NNC(=O)c2ccc(OCc3ccccc3)cc2)c(Br)c1. The van der Waals surface area contributed by atoms with Crippen molar-refractivity contribution in [2.24, 2.45) is 0 Å². The molecule has 6 nitrogen and oxygen atoms in total. The van der Waals surface area contributed by atoms with Crippen LogP contribution in [0.3, 0.4) is 0 Å². The van der Waals surface area contributed by atoms with Gasteiger partial charge in [0.05, 0.1) is 4.47 Å². The molecule has 7 heteroatoms. The van der Waals surface area contributed by atoms with Crippen molar-refractivity contribution in [3.05, 3.63) is 94.0 Å². The highest BCUT2D eigenvalue weighted by atomic mass is 79.9. The Morgan fingerprint density at radius 2 is 1.61 bits per heavy atom. The second-order valence-corrected chi connectivity index (χ2v) is 7.56. The number of rotatable bonds is 8. The number of hydrogen-bond donors (Lipinski definition) is 2. The van der Waals surface area contributed by atoms with Gasteiger partial charge in [0.15, 0.2) is 6.61 Å². The number of carbonyl (C=O) groups excluding carboxylic acids is 2. The van der Waals surface area contributed by atoms with Crippen molar-refractivity contribution in [3.63, 3.8) is 0 Å². The lowest BCUT2D eigenvalue weighted by Gasteiger charge is -2.11. The van der Waals surface area contributed by atoms with Gasteiger partial charge in [-0.05, 0) is 69.9 Å². The molecule has 2 amide bonds. The highest BCUT2D eigenvalue weighted by Crippen LogP contribution is 2.26. The molecule has 0 saturated carbocycles. The lowest BCUT2D eigenvalue weighted by molar-refractivity contribution is -0.123. The number of nitrogens with one attached hydrogen (secondary N) is 2. The first-order chi connectivity index (χ1) is 15.0. The van der Waals surface area contributed by atoms with E-state index in [1.807, 2.05) is 42.5 Å². The fourth-order valence-electron chi connectivity index (χ4n) is 2.70. The molecule has 3 rings (SSSR count). The number of benzene rings is 3. The Morgan fingerprint density at radius 3 is 2.29 bits per heavy atom. The summed E-state index contributed by atoms with van der Waals surface area (Å²) in [5, 5.41) is 0. The minimum Gasteiger partial charge on any atom is -0.489 e. The second kappa shape index (κ2) is 11.2. The fraction of sp³-hybridized carbons (Fsp3) is 0.167. The Labute approximate surface area is 189 Å². The van der Waals surface area contributed by atoms with Crippen LogP contribution < -0.4 is 20.3 Å². The smallest absolute Gasteiger partial charge is 0.276 e. The van der Waals surface area contributed by atoms with E-state index in [-0.39, 0.29) is 6.61 Å². The van der Waals surface area contributed by atoms with E-state index >= 15 is 0 Å². The van der Waals surface area contributed by atoms with Crippen LogP contribution in [-0.4, -0.2) is 18.4 Å². The fourth-order valence-corrected chi connectivity index (χ4v) is 3.24. The number of hydrazine groups is 1. The third-order valence-corrected chi connectivity index (χ3v) is 5.06. The summed E-state index contributed by atoms with van der Waals surface area (Å²) < 4.78 is 12.0. The van der Waals surface area contributed by atoms with Gasteiger partial charge in [-0.25, -0.2) is 0 Å². The molecule has 0 saturated heterocycles. The third kappa shape index (κ3) is 6.86. The molecule has 0 aliphatic heterocycles. The van der Waals surface area contributed by atoms with Gasteiger partial charge < -0.3 is 9.47 Å². The normalized spacial score (nSPS) is 10.3. The largest absolute Gasteiger partial charge is 0.489 e. The Bertz CT molecular complexity index is 1020. The lowest BCUT2D eigenvalue weighted by Crippen LogP contribution is -2.43. The maximum atomic E-state index is 12.2. The van der Waals surface area contributed by atoms with E-state index in [0.717, 1.165) is 22.0 Å². The van der Waals surface area contributed by atoms with Crippen LogP contribution in [0.15, 0.2) is 77.3 Å². The predicted octanol–water partition coefficient (Wildman–Crippen LogP) is 4.43. The van der Waals surface area contributed by atoms with E-state index in [1.165, 1.54) is 0 Å². The van der Waals surface area contributed by atoms with Gasteiger partial charge in [-0.1, -0.05) is 43.3 Å². The number of ether oxygens (including phenoxy) is 2. The molecule has 2 N–H and O–H groups in total. The minimum absolute atomic E-state index is 0.226. The summed E-state index contributed by atoms with van der Waals surface area (Å²) in [5.74, 6) is 0.307. The lowest BCUT2D eigenvalue weighted by atomic mass is 10.2. The van der Waals surface area contributed by atoms with E-state index in [9.17, 15) is 9.59 Å². The molecule has 31 heavy (non-hydrogen) atoms. The standard InChI is InChI=1S/C24H23BrN2O4/c1-2-17-8-13-22(21(25)14-17)31-16-23(28)26-27-24(29)19-9-11-20(12-10-19)30-15-18-6-4-3-5-7-18/h3-14H,2,15-16H2,1H3,(H,26,28)(H,27,29). The Balaban J connectivity index is 1.43. The van der Waals surface area contributed by atoms with Gasteiger partial charge in [0.25, 0.3) is 11.8 Å². The Kier molecular flexibility index (Phi) is 8.06.